The summed E-state index contributed by atoms with van der Waals surface area (Å²) in [6.07, 6.45) is -0.602. The van der Waals surface area contributed by atoms with Crippen LogP contribution in [0.2, 0.25) is 0 Å². The number of carbonyl (C=O) groups excluding carboxylic acids is 1. The Bertz CT molecular complexity index is 812. The van der Waals surface area contributed by atoms with Crippen LogP contribution in [-0.2, 0) is 16.1 Å². The highest BCUT2D eigenvalue weighted by molar-refractivity contribution is 5.82. The Morgan fingerprint density at radius 1 is 1.26 bits per heavy atom. The van der Waals surface area contributed by atoms with Crippen molar-refractivity contribution in [3.05, 3.63) is 65.5 Å². The molecule has 1 amide bonds. The lowest BCUT2D eigenvalue weighted by Gasteiger charge is -2.15. The summed E-state index contributed by atoms with van der Waals surface area (Å²) < 4.78 is 5.33. The lowest BCUT2D eigenvalue weighted by Crippen LogP contribution is -2.29. The number of H-pyrrole nitrogens is 1. The van der Waals surface area contributed by atoms with Gasteiger partial charge in [-0.05, 0) is 30.2 Å². The molecule has 0 saturated heterocycles. The number of rotatable bonds is 5. The molecule has 0 bridgehead atoms. The van der Waals surface area contributed by atoms with Crippen LogP contribution in [0.3, 0.4) is 0 Å². The molecule has 5 heteroatoms. The minimum Gasteiger partial charge on any atom is -0.367 e. The summed E-state index contributed by atoms with van der Waals surface area (Å²) in [7, 11) is 1.54. The van der Waals surface area contributed by atoms with Crippen LogP contribution in [0, 0.1) is 6.92 Å². The molecule has 0 saturated carbocycles. The van der Waals surface area contributed by atoms with Gasteiger partial charge in [0.1, 0.15) is 5.82 Å². The number of nitrogens with zero attached hydrogens (tertiary/aromatic N) is 1. The molecule has 0 aliphatic carbocycles. The molecule has 118 valence electrons. The summed E-state index contributed by atoms with van der Waals surface area (Å²) in [5, 5.41) is 2.92. The van der Waals surface area contributed by atoms with Crippen LogP contribution >= 0.6 is 0 Å². The summed E-state index contributed by atoms with van der Waals surface area (Å²) in [5.74, 6) is 0.726. The Hall–Kier alpha value is -2.66. The second-order valence-corrected chi connectivity index (χ2v) is 5.42. The zero-order chi connectivity index (χ0) is 16.2. The molecule has 1 aromatic heterocycles. The zero-order valence-electron chi connectivity index (χ0n) is 13.2. The van der Waals surface area contributed by atoms with Gasteiger partial charge < -0.3 is 15.0 Å². The molecule has 0 spiro atoms. The molecule has 3 rings (SSSR count). The number of ether oxygens (including phenoxy) is 1. The first-order valence-electron chi connectivity index (χ1n) is 7.48. The molecule has 1 atom stereocenters. The molecule has 3 aromatic rings. The van der Waals surface area contributed by atoms with Gasteiger partial charge >= 0.3 is 0 Å². The maximum atomic E-state index is 12.4. The van der Waals surface area contributed by atoms with E-state index in [1.165, 1.54) is 7.11 Å². The van der Waals surface area contributed by atoms with Crippen LogP contribution in [0.15, 0.2) is 48.5 Å². The van der Waals surface area contributed by atoms with E-state index in [-0.39, 0.29) is 5.91 Å². The molecule has 5 nitrogen and oxygen atoms in total. The van der Waals surface area contributed by atoms with Crippen molar-refractivity contribution < 1.29 is 9.53 Å². The van der Waals surface area contributed by atoms with Crippen LogP contribution in [0.1, 0.15) is 23.1 Å². The largest absolute Gasteiger partial charge is 0.367 e. The predicted molar refractivity (Wildman–Crippen MR) is 88.9 cm³/mol. The van der Waals surface area contributed by atoms with Crippen molar-refractivity contribution in [2.75, 3.05) is 7.11 Å². The highest BCUT2D eigenvalue weighted by Gasteiger charge is 2.19. The summed E-state index contributed by atoms with van der Waals surface area (Å²) in [5.41, 5.74) is 3.75. The highest BCUT2D eigenvalue weighted by Crippen LogP contribution is 2.17. The number of aromatic amines is 1. The summed E-state index contributed by atoms with van der Waals surface area (Å²) >= 11 is 0. The Balaban J connectivity index is 1.69. The van der Waals surface area contributed by atoms with Crippen molar-refractivity contribution in [2.45, 2.75) is 19.6 Å². The molecule has 2 N–H and O–H groups in total. The average Bonchev–Trinajstić information content (AvgIpc) is 2.94. The van der Waals surface area contributed by atoms with E-state index in [0.29, 0.717) is 6.54 Å². The third kappa shape index (κ3) is 3.40. The Morgan fingerprint density at radius 3 is 2.78 bits per heavy atom. The minimum absolute atomic E-state index is 0.153. The summed E-state index contributed by atoms with van der Waals surface area (Å²) in [6, 6.07) is 15.4. The van der Waals surface area contributed by atoms with Crippen molar-refractivity contribution in [1.29, 1.82) is 0 Å². The third-order valence-electron chi connectivity index (χ3n) is 3.71. The van der Waals surface area contributed by atoms with Crippen molar-refractivity contribution in [1.82, 2.24) is 15.3 Å². The lowest BCUT2D eigenvalue weighted by molar-refractivity contribution is -0.131. The molecule has 0 unspecified atom stereocenters. The molecule has 23 heavy (non-hydrogen) atoms. The maximum Gasteiger partial charge on any atom is 0.254 e. The standard InChI is InChI=1S/C18H19N3O2/c1-12-20-15-9-8-13(10-16(15)21-12)11-19-18(22)17(23-2)14-6-4-3-5-7-14/h3-10,17H,11H2,1-2H3,(H,19,22)(H,20,21)/t17-/m0/s1. The number of imidazole rings is 1. The third-order valence-corrected chi connectivity index (χ3v) is 3.71. The van der Waals surface area contributed by atoms with Crippen molar-refractivity contribution >= 4 is 16.9 Å². The number of fused-ring (bicyclic) bond motifs is 1. The molecule has 0 fully saturated rings. The second kappa shape index (κ2) is 6.62. The van der Waals surface area contributed by atoms with Gasteiger partial charge in [0.05, 0.1) is 11.0 Å². The second-order valence-electron chi connectivity index (χ2n) is 5.42. The van der Waals surface area contributed by atoms with Crippen LogP contribution in [0.25, 0.3) is 11.0 Å². The molecule has 0 aliphatic rings. The first kappa shape index (κ1) is 15.2. The number of hydrogen-bond acceptors (Lipinski definition) is 3. The van der Waals surface area contributed by atoms with Crippen molar-refractivity contribution in [3.8, 4) is 0 Å². The minimum atomic E-state index is -0.602. The van der Waals surface area contributed by atoms with Gasteiger partial charge in [-0.1, -0.05) is 36.4 Å². The van der Waals surface area contributed by atoms with Gasteiger partial charge in [0.15, 0.2) is 6.10 Å². The number of methoxy groups -OCH3 is 1. The SMILES string of the molecule is CO[C@H](C(=O)NCc1ccc2nc(C)[nH]c2c1)c1ccccc1. The van der Waals surface area contributed by atoms with Crippen LogP contribution in [0.5, 0.6) is 0 Å². The monoisotopic (exact) mass is 309 g/mol. The number of benzene rings is 2. The number of aromatic nitrogens is 2. The van der Waals surface area contributed by atoms with E-state index in [1.807, 2.05) is 55.5 Å². The number of amides is 1. The van der Waals surface area contributed by atoms with Crippen molar-refractivity contribution in [3.63, 3.8) is 0 Å². The lowest BCUT2D eigenvalue weighted by atomic mass is 10.1. The van der Waals surface area contributed by atoms with E-state index in [9.17, 15) is 4.79 Å². The summed E-state index contributed by atoms with van der Waals surface area (Å²) in [4.78, 5) is 19.9. The Morgan fingerprint density at radius 2 is 2.04 bits per heavy atom. The van der Waals surface area contributed by atoms with E-state index in [2.05, 4.69) is 15.3 Å². The predicted octanol–water partition coefficient (Wildman–Crippen LogP) is 2.88. The highest BCUT2D eigenvalue weighted by atomic mass is 16.5. The van der Waals surface area contributed by atoms with E-state index in [0.717, 1.165) is 28.0 Å². The molecular formula is C18H19N3O2. The maximum absolute atomic E-state index is 12.4. The molecule has 2 aromatic carbocycles. The Labute approximate surface area is 134 Å². The van der Waals surface area contributed by atoms with Gasteiger partial charge in [0.25, 0.3) is 5.91 Å². The zero-order valence-corrected chi connectivity index (χ0v) is 13.2. The van der Waals surface area contributed by atoms with E-state index in [4.69, 9.17) is 4.74 Å². The van der Waals surface area contributed by atoms with Crippen molar-refractivity contribution in [2.24, 2.45) is 0 Å². The first-order chi connectivity index (χ1) is 11.2. The Kier molecular flexibility index (Phi) is 4.39. The number of nitrogens with one attached hydrogen (secondary N) is 2. The summed E-state index contributed by atoms with van der Waals surface area (Å²) in [6.45, 7) is 2.37. The quantitative estimate of drug-likeness (QED) is 0.761. The topological polar surface area (TPSA) is 67.0 Å². The number of aryl methyl sites for hydroxylation is 1. The van der Waals surface area contributed by atoms with Crippen LogP contribution in [-0.4, -0.2) is 23.0 Å². The smallest absolute Gasteiger partial charge is 0.254 e. The normalized spacial score (nSPS) is 12.3. The van der Waals surface area contributed by atoms with Gasteiger partial charge in [-0.2, -0.15) is 0 Å². The molecular weight excluding hydrogens is 290 g/mol. The van der Waals surface area contributed by atoms with E-state index >= 15 is 0 Å². The van der Waals surface area contributed by atoms with Gasteiger partial charge in [-0.25, -0.2) is 4.98 Å². The molecule has 0 aliphatic heterocycles. The number of hydrogen-bond donors (Lipinski definition) is 2. The van der Waals surface area contributed by atoms with Gasteiger partial charge in [-0.15, -0.1) is 0 Å². The fourth-order valence-electron chi connectivity index (χ4n) is 2.60. The average molecular weight is 309 g/mol. The van der Waals surface area contributed by atoms with Gasteiger partial charge in [-0.3, -0.25) is 4.79 Å². The van der Waals surface area contributed by atoms with Crippen LogP contribution in [0.4, 0.5) is 0 Å². The van der Waals surface area contributed by atoms with Crippen LogP contribution < -0.4 is 5.32 Å². The fraction of sp³-hybridized carbons (Fsp3) is 0.222. The molecule has 1 heterocycles. The number of carbonyl (C=O) groups is 1. The fourth-order valence-corrected chi connectivity index (χ4v) is 2.60. The molecule has 0 radical (unpaired) electrons. The first-order valence-corrected chi connectivity index (χ1v) is 7.48. The van der Waals surface area contributed by atoms with Gasteiger partial charge in [0.2, 0.25) is 0 Å². The van der Waals surface area contributed by atoms with Gasteiger partial charge in [0, 0.05) is 13.7 Å². The van der Waals surface area contributed by atoms with E-state index in [1.54, 1.807) is 0 Å². The van der Waals surface area contributed by atoms with E-state index < -0.39 is 6.10 Å².